The molecule has 0 saturated carbocycles. The van der Waals surface area contributed by atoms with Crippen LogP contribution in [0, 0.1) is 6.92 Å². The first-order valence-corrected chi connectivity index (χ1v) is 10.3. The van der Waals surface area contributed by atoms with Crippen LogP contribution in [0.2, 0.25) is 0 Å². The van der Waals surface area contributed by atoms with Gasteiger partial charge in [-0.1, -0.05) is 42.5 Å². The van der Waals surface area contributed by atoms with Gasteiger partial charge in [0.15, 0.2) is 0 Å². The average molecular weight is 390 g/mol. The Morgan fingerprint density at radius 2 is 1.83 bits per heavy atom. The molecule has 0 unspecified atom stereocenters. The van der Waals surface area contributed by atoms with E-state index >= 15 is 0 Å². The number of hydrogen-bond donors (Lipinski definition) is 2. The van der Waals surface area contributed by atoms with E-state index in [9.17, 15) is 4.79 Å². The van der Waals surface area contributed by atoms with Crippen molar-refractivity contribution < 1.29 is 4.79 Å². The first-order valence-electron chi connectivity index (χ1n) is 10.3. The molecule has 2 N–H and O–H groups in total. The van der Waals surface area contributed by atoms with Crippen LogP contribution in [-0.4, -0.2) is 42.1 Å². The van der Waals surface area contributed by atoms with Crippen molar-refractivity contribution in [2.75, 3.05) is 36.4 Å². The van der Waals surface area contributed by atoms with Crippen molar-refractivity contribution in [2.24, 2.45) is 0 Å². The van der Waals surface area contributed by atoms with Crippen molar-refractivity contribution in [3.05, 3.63) is 59.9 Å². The minimum absolute atomic E-state index is 0.0276. The van der Waals surface area contributed by atoms with Gasteiger partial charge in [0.2, 0.25) is 5.91 Å². The second-order valence-corrected chi connectivity index (χ2v) is 7.44. The lowest BCUT2D eigenvalue weighted by molar-refractivity contribution is -0.120. The molecule has 1 saturated heterocycles. The van der Waals surface area contributed by atoms with Gasteiger partial charge in [0.1, 0.15) is 17.5 Å². The Bertz CT molecular complexity index is 992. The van der Waals surface area contributed by atoms with Crippen LogP contribution in [0.4, 0.5) is 11.6 Å². The fourth-order valence-corrected chi connectivity index (χ4v) is 3.83. The first kappa shape index (κ1) is 19.2. The number of carbonyl (C=O) groups is 1. The maximum Gasteiger partial charge on any atom is 0.224 e. The summed E-state index contributed by atoms with van der Waals surface area (Å²) in [5.41, 5.74) is 1.05. The molecule has 0 aliphatic carbocycles. The van der Waals surface area contributed by atoms with Crippen LogP contribution in [-0.2, 0) is 11.2 Å². The molecule has 150 valence electrons. The van der Waals surface area contributed by atoms with Crippen molar-refractivity contribution in [2.45, 2.75) is 26.2 Å². The van der Waals surface area contributed by atoms with E-state index in [2.05, 4.69) is 43.7 Å². The largest absolute Gasteiger partial charge is 0.368 e. The summed E-state index contributed by atoms with van der Waals surface area (Å²) in [6.45, 7) is 5.19. The number of carbonyl (C=O) groups excluding carboxylic acids is 1. The quantitative estimate of drug-likeness (QED) is 0.607. The highest BCUT2D eigenvalue weighted by molar-refractivity contribution is 5.90. The lowest BCUT2D eigenvalue weighted by Gasteiger charge is -2.17. The smallest absolute Gasteiger partial charge is 0.224 e. The molecule has 29 heavy (non-hydrogen) atoms. The molecule has 1 fully saturated rings. The van der Waals surface area contributed by atoms with Gasteiger partial charge in [-0.25, -0.2) is 9.97 Å². The number of rotatable bonds is 7. The molecule has 0 bridgehead atoms. The van der Waals surface area contributed by atoms with E-state index in [1.807, 2.05) is 37.3 Å². The fraction of sp³-hybridized carbons (Fsp3) is 0.348. The number of benzene rings is 2. The molecule has 3 aromatic rings. The van der Waals surface area contributed by atoms with E-state index in [1.54, 1.807) is 0 Å². The number of amides is 1. The van der Waals surface area contributed by atoms with Gasteiger partial charge >= 0.3 is 0 Å². The minimum Gasteiger partial charge on any atom is -0.368 e. The standard InChI is InChI=1S/C23H27N5O/c1-17-26-21(16-22(27-17)28-13-4-5-14-28)24-11-12-25-23(29)15-19-9-6-8-18-7-2-3-10-20(18)19/h2-3,6-10,16H,4-5,11-15H2,1H3,(H,25,29)(H,24,26,27). The van der Waals surface area contributed by atoms with Crippen LogP contribution in [0.5, 0.6) is 0 Å². The van der Waals surface area contributed by atoms with Crippen LogP contribution in [0.1, 0.15) is 24.2 Å². The Balaban J connectivity index is 1.29. The third kappa shape index (κ3) is 4.83. The van der Waals surface area contributed by atoms with Crippen molar-refractivity contribution >= 4 is 28.3 Å². The Hall–Kier alpha value is -3.15. The van der Waals surface area contributed by atoms with E-state index in [4.69, 9.17) is 0 Å². The molecule has 0 spiro atoms. The van der Waals surface area contributed by atoms with E-state index in [0.29, 0.717) is 19.5 Å². The second kappa shape index (κ2) is 8.90. The molecule has 1 amide bonds. The zero-order chi connectivity index (χ0) is 20.1. The van der Waals surface area contributed by atoms with Gasteiger partial charge in [0.05, 0.1) is 6.42 Å². The highest BCUT2D eigenvalue weighted by Gasteiger charge is 2.15. The monoisotopic (exact) mass is 389 g/mol. The third-order valence-electron chi connectivity index (χ3n) is 5.24. The van der Waals surface area contributed by atoms with Crippen molar-refractivity contribution in [3.63, 3.8) is 0 Å². The Kier molecular flexibility index (Phi) is 5.89. The van der Waals surface area contributed by atoms with Crippen LogP contribution >= 0.6 is 0 Å². The number of nitrogens with zero attached hydrogens (tertiary/aromatic N) is 3. The van der Waals surface area contributed by atoms with E-state index in [0.717, 1.165) is 46.9 Å². The predicted octanol–water partition coefficient (Wildman–Crippen LogP) is 3.31. The number of anilines is 2. The zero-order valence-corrected chi connectivity index (χ0v) is 16.8. The van der Waals surface area contributed by atoms with Gasteiger partial charge in [-0.2, -0.15) is 0 Å². The summed E-state index contributed by atoms with van der Waals surface area (Å²) in [6, 6.07) is 16.2. The van der Waals surface area contributed by atoms with Gasteiger partial charge in [-0.15, -0.1) is 0 Å². The van der Waals surface area contributed by atoms with E-state index in [1.165, 1.54) is 12.8 Å². The van der Waals surface area contributed by atoms with Gasteiger partial charge in [-0.3, -0.25) is 4.79 Å². The van der Waals surface area contributed by atoms with Crippen LogP contribution < -0.4 is 15.5 Å². The lowest BCUT2D eigenvalue weighted by Crippen LogP contribution is -2.30. The molecule has 2 heterocycles. The maximum atomic E-state index is 12.4. The van der Waals surface area contributed by atoms with E-state index < -0.39 is 0 Å². The molecule has 6 heteroatoms. The number of aryl methyl sites for hydroxylation is 1. The topological polar surface area (TPSA) is 70.2 Å². The normalized spacial score (nSPS) is 13.6. The second-order valence-electron chi connectivity index (χ2n) is 7.44. The molecular weight excluding hydrogens is 362 g/mol. The highest BCUT2D eigenvalue weighted by atomic mass is 16.1. The van der Waals surface area contributed by atoms with Crippen LogP contribution in [0.15, 0.2) is 48.5 Å². The van der Waals surface area contributed by atoms with Gasteiger partial charge in [0.25, 0.3) is 0 Å². The van der Waals surface area contributed by atoms with Crippen LogP contribution in [0.25, 0.3) is 10.8 Å². The summed E-state index contributed by atoms with van der Waals surface area (Å²) >= 11 is 0. The van der Waals surface area contributed by atoms with Crippen LogP contribution in [0.3, 0.4) is 0 Å². The molecule has 4 rings (SSSR count). The maximum absolute atomic E-state index is 12.4. The number of hydrogen-bond acceptors (Lipinski definition) is 5. The molecule has 0 radical (unpaired) electrons. The van der Waals surface area contributed by atoms with E-state index in [-0.39, 0.29) is 5.91 Å². The number of aromatic nitrogens is 2. The average Bonchev–Trinajstić information content (AvgIpc) is 3.26. The third-order valence-corrected chi connectivity index (χ3v) is 5.24. The zero-order valence-electron chi connectivity index (χ0n) is 16.8. The van der Waals surface area contributed by atoms with Gasteiger partial charge in [-0.05, 0) is 36.1 Å². The Morgan fingerprint density at radius 3 is 2.69 bits per heavy atom. The summed E-state index contributed by atoms with van der Waals surface area (Å²) in [5, 5.41) is 8.59. The highest BCUT2D eigenvalue weighted by Crippen LogP contribution is 2.21. The minimum atomic E-state index is 0.0276. The van der Waals surface area contributed by atoms with Crippen molar-refractivity contribution in [1.82, 2.24) is 15.3 Å². The Morgan fingerprint density at radius 1 is 1.03 bits per heavy atom. The summed E-state index contributed by atoms with van der Waals surface area (Å²) in [4.78, 5) is 23.7. The summed E-state index contributed by atoms with van der Waals surface area (Å²) in [5.74, 6) is 2.58. The van der Waals surface area contributed by atoms with Gasteiger partial charge < -0.3 is 15.5 Å². The van der Waals surface area contributed by atoms with Crippen molar-refractivity contribution in [1.29, 1.82) is 0 Å². The summed E-state index contributed by atoms with van der Waals surface area (Å²) in [6.07, 6.45) is 2.82. The SMILES string of the molecule is Cc1nc(NCCNC(=O)Cc2cccc3ccccc23)cc(N2CCCC2)n1. The van der Waals surface area contributed by atoms with Gasteiger partial charge in [0, 0.05) is 32.2 Å². The summed E-state index contributed by atoms with van der Waals surface area (Å²) < 4.78 is 0. The predicted molar refractivity (Wildman–Crippen MR) is 117 cm³/mol. The molecule has 1 aromatic heterocycles. The molecular formula is C23H27N5O. The molecule has 1 aliphatic rings. The molecule has 0 atom stereocenters. The first-order chi connectivity index (χ1) is 14.2. The summed E-state index contributed by atoms with van der Waals surface area (Å²) in [7, 11) is 0. The lowest BCUT2D eigenvalue weighted by atomic mass is 10.0. The molecule has 1 aliphatic heterocycles. The molecule has 2 aromatic carbocycles. The number of nitrogens with one attached hydrogen (secondary N) is 2. The number of fused-ring (bicyclic) bond motifs is 1. The fourth-order valence-electron chi connectivity index (χ4n) is 3.83. The van der Waals surface area contributed by atoms with Crippen molar-refractivity contribution in [3.8, 4) is 0 Å². The Labute approximate surface area is 171 Å². The molecule has 6 nitrogen and oxygen atoms in total.